The first-order valence-corrected chi connectivity index (χ1v) is 7.58. The van der Waals surface area contributed by atoms with Crippen LogP contribution in [0, 0.1) is 13.8 Å². The zero-order valence-corrected chi connectivity index (χ0v) is 12.6. The van der Waals surface area contributed by atoms with Gasteiger partial charge in [-0.25, -0.2) is 0 Å². The van der Waals surface area contributed by atoms with Gasteiger partial charge in [-0.2, -0.15) is 0 Å². The standard InChI is InChI=1S/C17H25NO2/c1-13-6-7-15(11-14(13)2)12-17(20)18-9-4-3-5-16(18)8-10-19/h6-7,11,16,19H,3-5,8-10,12H2,1-2H3. The van der Waals surface area contributed by atoms with E-state index >= 15 is 0 Å². The third-order valence-electron chi connectivity index (χ3n) is 4.34. The fourth-order valence-corrected chi connectivity index (χ4v) is 2.97. The lowest BCUT2D eigenvalue weighted by Crippen LogP contribution is -2.44. The molecule has 1 saturated heterocycles. The Hall–Kier alpha value is -1.35. The lowest BCUT2D eigenvalue weighted by molar-refractivity contribution is -0.134. The molecule has 1 amide bonds. The summed E-state index contributed by atoms with van der Waals surface area (Å²) in [6.45, 7) is 5.17. The van der Waals surface area contributed by atoms with E-state index in [1.807, 2.05) is 11.0 Å². The van der Waals surface area contributed by atoms with Gasteiger partial charge in [0, 0.05) is 19.2 Å². The number of aryl methyl sites for hydroxylation is 2. The average molecular weight is 275 g/mol. The quantitative estimate of drug-likeness (QED) is 0.917. The lowest BCUT2D eigenvalue weighted by atomic mass is 9.98. The van der Waals surface area contributed by atoms with E-state index in [1.165, 1.54) is 11.1 Å². The molecular formula is C17H25NO2. The SMILES string of the molecule is Cc1ccc(CC(=O)N2CCCCC2CCO)cc1C. The van der Waals surface area contributed by atoms with Crippen LogP contribution < -0.4 is 0 Å². The van der Waals surface area contributed by atoms with Crippen LogP contribution in [0.4, 0.5) is 0 Å². The molecule has 1 atom stereocenters. The van der Waals surface area contributed by atoms with Gasteiger partial charge in [0.15, 0.2) is 0 Å². The van der Waals surface area contributed by atoms with E-state index in [4.69, 9.17) is 5.11 Å². The highest BCUT2D eigenvalue weighted by molar-refractivity contribution is 5.79. The molecule has 0 bridgehead atoms. The summed E-state index contributed by atoms with van der Waals surface area (Å²) < 4.78 is 0. The molecule has 0 aromatic heterocycles. The number of hydrogen-bond acceptors (Lipinski definition) is 2. The number of aliphatic hydroxyl groups excluding tert-OH is 1. The van der Waals surface area contributed by atoms with Crippen molar-refractivity contribution in [2.24, 2.45) is 0 Å². The normalized spacial score (nSPS) is 19.1. The molecule has 1 aliphatic heterocycles. The van der Waals surface area contributed by atoms with Crippen molar-refractivity contribution in [2.75, 3.05) is 13.2 Å². The van der Waals surface area contributed by atoms with Gasteiger partial charge >= 0.3 is 0 Å². The molecule has 0 spiro atoms. The fourth-order valence-electron chi connectivity index (χ4n) is 2.97. The summed E-state index contributed by atoms with van der Waals surface area (Å²) in [4.78, 5) is 14.5. The smallest absolute Gasteiger partial charge is 0.227 e. The first kappa shape index (κ1) is 15.0. The number of carbonyl (C=O) groups excluding carboxylic acids is 1. The van der Waals surface area contributed by atoms with E-state index in [2.05, 4.69) is 26.0 Å². The minimum atomic E-state index is 0.165. The van der Waals surface area contributed by atoms with Crippen LogP contribution in [0.15, 0.2) is 18.2 Å². The fraction of sp³-hybridized carbons (Fsp3) is 0.588. The Kier molecular flexibility index (Phi) is 5.18. The maximum atomic E-state index is 12.5. The Morgan fingerprint density at radius 2 is 2.10 bits per heavy atom. The molecule has 0 aliphatic carbocycles. The summed E-state index contributed by atoms with van der Waals surface area (Å²) >= 11 is 0. The number of piperidine rings is 1. The number of hydrogen-bond donors (Lipinski definition) is 1. The Balaban J connectivity index is 2.03. The molecule has 3 nitrogen and oxygen atoms in total. The second kappa shape index (κ2) is 6.89. The minimum absolute atomic E-state index is 0.165. The van der Waals surface area contributed by atoms with Crippen molar-refractivity contribution in [2.45, 2.75) is 52.0 Å². The van der Waals surface area contributed by atoms with Crippen LogP contribution in [0.25, 0.3) is 0 Å². The highest BCUT2D eigenvalue weighted by Crippen LogP contribution is 2.21. The number of likely N-dealkylation sites (tertiary alicyclic amines) is 1. The van der Waals surface area contributed by atoms with Gasteiger partial charge in [0.2, 0.25) is 5.91 Å². The largest absolute Gasteiger partial charge is 0.396 e. The summed E-state index contributed by atoms with van der Waals surface area (Å²) in [7, 11) is 0. The molecule has 1 aliphatic rings. The number of rotatable bonds is 4. The summed E-state index contributed by atoms with van der Waals surface area (Å²) in [6, 6.07) is 6.47. The molecular weight excluding hydrogens is 250 g/mol. The van der Waals surface area contributed by atoms with Gasteiger partial charge in [0.05, 0.1) is 6.42 Å². The van der Waals surface area contributed by atoms with Crippen LogP contribution in [-0.4, -0.2) is 35.1 Å². The molecule has 1 unspecified atom stereocenters. The van der Waals surface area contributed by atoms with Crippen LogP contribution in [0.1, 0.15) is 42.4 Å². The first-order chi connectivity index (χ1) is 9.61. The first-order valence-electron chi connectivity index (χ1n) is 7.58. The monoisotopic (exact) mass is 275 g/mol. The average Bonchev–Trinajstić information content (AvgIpc) is 2.44. The van der Waals surface area contributed by atoms with E-state index in [9.17, 15) is 4.79 Å². The van der Waals surface area contributed by atoms with Crippen molar-refractivity contribution in [3.8, 4) is 0 Å². The zero-order chi connectivity index (χ0) is 14.5. The van der Waals surface area contributed by atoms with Gasteiger partial charge in [-0.05, 0) is 56.2 Å². The maximum Gasteiger partial charge on any atom is 0.227 e. The summed E-state index contributed by atoms with van der Waals surface area (Å²) in [6.07, 6.45) is 4.46. The van der Waals surface area contributed by atoms with Gasteiger partial charge in [-0.3, -0.25) is 4.79 Å². The summed E-state index contributed by atoms with van der Waals surface area (Å²) in [5, 5.41) is 9.14. The third-order valence-corrected chi connectivity index (χ3v) is 4.34. The van der Waals surface area contributed by atoms with E-state index in [1.54, 1.807) is 0 Å². The van der Waals surface area contributed by atoms with Crippen LogP contribution in [0.5, 0.6) is 0 Å². The highest BCUT2D eigenvalue weighted by atomic mass is 16.3. The van der Waals surface area contributed by atoms with Gasteiger partial charge in [0.25, 0.3) is 0 Å². The molecule has 1 aromatic carbocycles. The molecule has 110 valence electrons. The third kappa shape index (κ3) is 3.60. The number of nitrogens with zero attached hydrogens (tertiary/aromatic N) is 1. The number of benzene rings is 1. The highest BCUT2D eigenvalue weighted by Gasteiger charge is 2.25. The van der Waals surface area contributed by atoms with Gasteiger partial charge in [-0.15, -0.1) is 0 Å². The Labute approximate surface area is 121 Å². The predicted molar refractivity (Wildman–Crippen MR) is 80.7 cm³/mol. The predicted octanol–water partition coefficient (Wildman–Crippen LogP) is 2.61. The minimum Gasteiger partial charge on any atom is -0.396 e. The van der Waals surface area contributed by atoms with Crippen molar-refractivity contribution in [1.29, 1.82) is 0 Å². The summed E-state index contributed by atoms with van der Waals surface area (Å²) in [5.41, 5.74) is 3.59. The van der Waals surface area contributed by atoms with E-state index in [0.717, 1.165) is 31.4 Å². The lowest BCUT2D eigenvalue weighted by Gasteiger charge is -2.35. The second-order valence-corrected chi connectivity index (χ2v) is 5.84. The molecule has 1 aromatic rings. The second-order valence-electron chi connectivity index (χ2n) is 5.84. The van der Waals surface area contributed by atoms with Crippen LogP contribution in [-0.2, 0) is 11.2 Å². The van der Waals surface area contributed by atoms with Gasteiger partial charge in [-0.1, -0.05) is 18.2 Å². The van der Waals surface area contributed by atoms with Crippen molar-refractivity contribution in [3.05, 3.63) is 34.9 Å². The Morgan fingerprint density at radius 1 is 1.30 bits per heavy atom. The van der Waals surface area contributed by atoms with E-state index in [0.29, 0.717) is 12.8 Å². The van der Waals surface area contributed by atoms with Crippen LogP contribution >= 0.6 is 0 Å². The molecule has 2 rings (SSSR count). The summed E-state index contributed by atoms with van der Waals surface area (Å²) in [5.74, 6) is 0.200. The van der Waals surface area contributed by atoms with Crippen molar-refractivity contribution >= 4 is 5.91 Å². The number of aliphatic hydroxyl groups is 1. The van der Waals surface area contributed by atoms with Gasteiger partial charge < -0.3 is 10.0 Å². The number of carbonyl (C=O) groups is 1. The topological polar surface area (TPSA) is 40.5 Å². The van der Waals surface area contributed by atoms with Crippen LogP contribution in [0.2, 0.25) is 0 Å². The molecule has 1 N–H and O–H groups in total. The molecule has 1 fully saturated rings. The van der Waals surface area contributed by atoms with Crippen molar-refractivity contribution in [1.82, 2.24) is 4.90 Å². The molecule has 1 heterocycles. The number of amides is 1. The zero-order valence-electron chi connectivity index (χ0n) is 12.6. The van der Waals surface area contributed by atoms with Crippen LogP contribution in [0.3, 0.4) is 0 Å². The maximum absolute atomic E-state index is 12.5. The molecule has 3 heteroatoms. The Bertz CT molecular complexity index is 468. The van der Waals surface area contributed by atoms with E-state index in [-0.39, 0.29) is 18.6 Å². The van der Waals surface area contributed by atoms with E-state index < -0.39 is 0 Å². The van der Waals surface area contributed by atoms with Gasteiger partial charge in [0.1, 0.15) is 0 Å². The van der Waals surface area contributed by atoms with Crippen molar-refractivity contribution < 1.29 is 9.90 Å². The molecule has 0 saturated carbocycles. The molecule has 0 radical (unpaired) electrons. The Morgan fingerprint density at radius 3 is 2.80 bits per heavy atom. The van der Waals surface area contributed by atoms with Crippen molar-refractivity contribution in [3.63, 3.8) is 0 Å². The molecule has 20 heavy (non-hydrogen) atoms.